The molecule has 0 radical (unpaired) electrons. The van der Waals surface area contributed by atoms with Crippen molar-refractivity contribution in [1.29, 1.82) is 0 Å². The number of nitrogens with zero attached hydrogens (tertiary/aromatic N) is 5. The highest BCUT2D eigenvalue weighted by molar-refractivity contribution is 5.30. The van der Waals surface area contributed by atoms with E-state index in [-0.39, 0.29) is 0 Å². The van der Waals surface area contributed by atoms with Gasteiger partial charge in [0.1, 0.15) is 12.2 Å². The normalized spacial score (nSPS) is 14.9. The molecule has 0 spiro atoms. The van der Waals surface area contributed by atoms with Crippen molar-refractivity contribution in [1.82, 2.24) is 24.5 Å². The van der Waals surface area contributed by atoms with Gasteiger partial charge in [0.05, 0.1) is 0 Å². The maximum Gasteiger partial charge on any atom is 0.239 e. The Bertz CT molecular complexity index is 503. The molecule has 0 saturated heterocycles. The Balaban J connectivity index is 2.01. The average Bonchev–Trinajstić information content (AvgIpc) is 3.05. The van der Waals surface area contributed by atoms with Gasteiger partial charge in [-0.1, -0.05) is 0 Å². The molecule has 0 atom stereocenters. The predicted molar refractivity (Wildman–Crippen MR) is 63.1 cm³/mol. The minimum absolute atomic E-state index is 0.512. The number of anilines is 1. The molecule has 3 rings (SSSR count). The molecule has 0 bridgehead atoms. The summed E-state index contributed by atoms with van der Waals surface area (Å²) in [6.45, 7) is 2.83. The fraction of sp³-hybridized carbons (Fsp3) is 0.455. The minimum Gasteiger partial charge on any atom is -0.354 e. The van der Waals surface area contributed by atoms with Crippen LogP contribution in [0.5, 0.6) is 0 Å². The van der Waals surface area contributed by atoms with Gasteiger partial charge in [-0.25, -0.2) is 4.98 Å². The van der Waals surface area contributed by atoms with E-state index in [0.29, 0.717) is 17.8 Å². The molecule has 0 unspecified atom stereocenters. The van der Waals surface area contributed by atoms with Crippen molar-refractivity contribution in [3.8, 4) is 5.95 Å². The van der Waals surface area contributed by atoms with Crippen LogP contribution >= 0.6 is 0 Å². The van der Waals surface area contributed by atoms with Gasteiger partial charge < -0.3 is 5.32 Å². The Morgan fingerprint density at radius 3 is 2.88 bits per heavy atom. The molecule has 2 aromatic heterocycles. The van der Waals surface area contributed by atoms with Crippen LogP contribution < -0.4 is 5.32 Å². The predicted octanol–water partition coefficient (Wildman–Crippen LogP) is 1.37. The number of hydrogen-bond donors (Lipinski definition) is 1. The van der Waals surface area contributed by atoms with Gasteiger partial charge >= 0.3 is 0 Å². The molecule has 1 N–H and O–H groups in total. The number of rotatable bonds is 4. The van der Waals surface area contributed by atoms with Gasteiger partial charge in [0.15, 0.2) is 0 Å². The first-order chi connectivity index (χ1) is 8.36. The van der Waals surface area contributed by atoms with Crippen LogP contribution in [0.2, 0.25) is 0 Å². The first kappa shape index (κ1) is 10.2. The van der Waals surface area contributed by atoms with Gasteiger partial charge in [-0.3, -0.25) is 4.57 Å². The summed E-state index contributed by atoms with van der Waals surface area (Å²) in [7, 11) is 0. The molecule has 1 saturated carbocycles. The molecule has 88 valence electrons. The lowest BCUT2D eigenvalue weighted by Gasteiger charge is -2.07. The Hall–Kier alpha value is -1.98. The van der Waals surface area contributed by atoms with Crippen LogP contribution in [0.25, 0.3) is 5.95 Å². The van der Waals surface area contributed by atoms with Crippen molar-refractivity contribution in [3.63, 3.8) is 0 Å². The second-order valence-electron chi connectivity index (χ2n) is 4.09. The lowest BCUT2D eigenvalue weighted by atomic mass is 10.4. The Labute approximate surface area is 99.2 Å². The van der Waals surface area contributed by atoms with E-state index in [2.05, 4.69) is 25.3 Å². The van der Waals surface area contributed by atoms with E-state index in [0.717, 1.165) is 12.4 Å². The monoisotopic (exact) mass is 230 g/mol. The highest BCUT2D eigenvalue weighted by Gasteiger charge is 2.27. The maximum absolute atomic E-state index is 4.48. The van der Waals surface area contributed by atoms with E-state index in [1.165, 1.54) is 12.8 Å². The smallest absolute Gasteiger partial charge is 0.239 e. The highest BCUT2D eigenvalue weighted by Crippen LogP contribution is 2.38. The highest BCUT2D eigenvalue weighted by atomic mass is 15.2. The van der Waals surface area contributed by atoms with Crippen molar-refractivity contribution >= 4 is 5.95 Å². The van der Waals surface area contributed by atoms with Gasteiger partial charge in [0, 0.05) is 24.9 Å². The van der Waals surface area contributed by atoms with Gasteiger partial charge in [-0.2, -0.15) is 15.0 Å². The first-order valence-corrected chi connectivity index (χ1v) is 5.85. The van der Waals surface area contributed by atoms with Crippen LogP contribution in [0.3, 0.4) is 0 Å². The molecule has 6 heteroatoms. The Morgan fingerprint density at radius 2 is 2.24 bits per heavy atom. The quantitative estimate of drug-likeness (QED) is 0.859. The molecule has 0 aliphatic heterocycles. The van der Waals surface area contributed by atoms with Crippen LogP contribution in [-0.2, 0) is 0 Å². The third-order valence-corrected chi connectivity index (χ3v) is 2.65. The summed E-state index contributed by atoms with van der Waals surface area (Å²) in [5.74, 6) is 2.68. The average molecular weight is 230 g/mol. The summed E-state index contributed by atoms with van der Waals surface area (Å²) in [4.78, 5) is 17.3. The van der Waals surface area contributed by atoms with E-state index in [9.17, 15) is 0 Å². The van der Waals surface area contributed by atoms with Crippen molar-refractivity contribution < 1.29 is 0 Å². The zero-order valence-electron chi connectivity index (χ0n) is 9.67. The third-order valence-electron chi connectivity index (χ3n) is 2.65. The number of aromatic nitrogens is 5. The molecule has 1 aliphatic rings. The van der Waals surface area contributed by atoms with Gasteiger partial charge in [-0.15, -0.1) is 0 Å². The molecular weight excluding hydrogens is 216 g/mol. The Kier molecular flexibility index (Phi) is 2.47. The van der Waals surface area contributed by atoms with Gasteiger partial charge in [-0.05, 0) is 19.8 Å². The molecule has 1 aliphatic carbocycles. The third kappa shape index (κ3) is 2.11. The summed E-state index contributed by atoms with van der Waals surface area (Å²) < 4.78 is 1.80. The fourth-order valence-electron chi connectivity index (χ4n) is 1.63. The number of hydrogen-bond acceptors (Lipinski definition) is 5. The molecular formula is C11H14N6. The van der Waals surface area contributed by atoms with E-state index in [1.54, 1.807) is 17.1 Å². The maximum atomic E-state index is 4.48. The summed E-state index contributed by atoms with van der Waals surface area (Å²) in [5, 5.41) is 3.14. The van der Waals surface area contributed by atoms with Crippen LogP contribution in [0, 0.1) is 0 Å². The van der Waals surface area contributed by atoms with E-state index in [4.69, 9.17) is 0 Å². The number of imidazole rings is 1. The van der Waals surface area contributed by atoms with E-state index < -0.39 is 0 Å². The minimum atomic E-state index is 0.512. The molecule has 1 fully saturated rings. The van der Waals surface area contributed by atoms with Crippen molar-refractivity contribution in [3.05, 3.63) is 24.5 Å². The van der Waals surface area contributed by atoms with Crippen LogP contribution in [0.15, 0.2) is 18.7 Å². The largest absolute Gasteiger partial charge is 0.354 e. The van der Waals surface area contributed by atoms with Gasteiger partial charge in [0.25, 0.3) is 0 Å². The second-order valence-corrected chi connectivity index (χ2v) is 4.09. The number of nitrogens with one attached hydrogen (secondary N) is 1. The molecule has 17 heavy (non-hydrogen) atoms. The molecule has 2 aromatic rings. The second kappa shape index (κ2) is 4.12. The SMILES string of the molecule is CCNc1nc(C2CC2)nc(-n2ccnc2)n1. The van der Waals surface area contributed by atoms with Gasteiger partial charge in [0.2, 0.25) is 11.9 Å². The Morgan fingerprint density at radius 1 is 1.35 bits per heavy atom. The standard InChI is InChI=1S/C11H14N6/c1-2-13-10-14-9(8-3-4-8)15-11(16-10)17-6-5-12-7-17/h5-8H,2-4H2,1H3,(H,13,14,15,16). The lowest BCUT2D eigenvalue weighted by Crippen LogP contribution is -2.10. The molecule has 0 aromatic carbocycles. The van der Waals surface area contributed by atoms with Crippen molar-refractivity contribution in [2.45, 2.75) is 25.7 Å². The zero-order chi connectivity index (χ0) is 11.7. The summed E-state index contributed by atoms with van der Waals surface area (Å²) in [5.41, 5.74) is 0. The van der Waals surface area contributed by atoms with Crippen LogP contribution in [-0.4, -0.2) is 31.0 Å². The molecule has 0 amide bonds. The zero-order valence-corrected chi connectivity index (χ0v) is 9.67. The van der Waals surface area contributed by atoms with Crippen LogP contribution in [0.1, 0.15) is 31.5 Å². The van der Waals surface area contributed by atoms with E-state index in [1.807, 2.05) is 13.1 Å². The van der Waals surface area contributed by atoms with Crippen molar-refractivity contribution in [2.75, 3.05) is 11.9 Å². The topological polar surface area (TPSA) is 68.5 Å². The fourth-order valence-corrected chi connectivity index (χ4v) is 1.63. The summed E-state index contributed by atoms with van der Waals surface area (Å²) in [6.07, 6.45) is 7.61. The van der Waals surface area contributed by atoms with Crippen molar-refractivity contribution in [2.24, 2.45) is 0 Å². The summed E-state index contributed by atoms with van der Waals surface area (Å²) in [6, 6.07) is 0. The first-order valence-electron chi connectivity index (χ1n) is 5.85. The van der Waals surface area contributed by atoms with Crippen LogP contribution in [0.4, 0.5) is 5.95 Å². The molecule has 2 heterocycles. The molecule has 6 nitrogen and oxygen atoms in total. The lowest BCUT2D eigenvalue weighted by molar-refractivity contribution is 0.825. The van der Waals surface area contributed by atoms with E-state index >= 15 is 0 Å². The summed E-state index contributed by atoms with van der Waals surface area (Å²) >= 11 is 0.